The Bertz CT molecular complexity index is 1270. The zero-order valence-corrected chi connectivity index (χ0v) is 17.1. The van der Waals surface area contributed by atoms with E-state index in [-0.39, 0.29) is 0 Å². The van der Waals surface area contributed by atoms with Crippen LogP contribution in [0.2, 0.25) is 0 Å². The number of carbonyl (C=O) groups excluding carboxylic acids is 1. The van der Waals surface area contributed by atoms with Gasteiger partial charge in [0, 0.05) is 5.56 Å². The smallest absolute Gasteiger partial charge is 0.338 e. The Labute approximate surface area is 175 Å². The lowest BCUT2D eigenvalue weighted by Crippen LogP contribution is -2.05. The van der Waals surface area contributed by atoms with E-state index >= 15 is 0 Å². The molecule has 0 aromatic heterocycles. The van der Waals surface area contributed by atoms with Gasteiger partial charge < -0.3 is 14.2 Å². The fourth-order valence-corrected chi connectivity index (χ4v) is 3.81. The molecule has 0 aliphatic carbocycles. The summed E-state index contributed by atoms with van der Waals surface area (Å²) in [6.45, 7) is 0. The first-order valence-corrected chi connectivity index (χ1v) is 9.59. The van der Waals surface area contributed by atoms with Crippen LogP contribution in [0.3, 0.4) is 0 Å². The van der Waals surface area contributed by atoms with Crippen molar-refractivity contribution in [2.45, 2.75) is 0 Å². The first-order valence-electron chi connectivity index (χ1n) is 9.59. The molecular formula is C26H22O4. The molecule has 4 nitrogen and oxygen atoms in total. The van der Waals surface area contributed by atoms with Gasteiger partial charge in [-0.05, 0) is 45.3 Å². The molecule has 0 heterocycles. The van der Waals surface area contributed by atoms with Gasteiger partial charge in [-0.15, -0.1) is 0 Å². The Morgan fingerprint density at radius 3 is 2.17 bits per heavy atom. The van der Waals surface area contributed by atoms with Crippen LogP contribution in [-0.2, 0) is 9.53 Å². The highest BCUT2D eigenvalue weighted by molar-refractivity contribution is 6.27. The molecule has 0 aliphatic rings. The minimum atomic E-state index is -0.416. The second-order valence-electron chi connectivity index (χ2n) is 6.82. The lowest BCUT2D eigenvalue weighted by molar-refractivity contribution is -0.133. The largest absolute Gasteiger partial charge is 0.493 e. The number of para-hydroxylation sites is 1. The van der Waals surface area contributed by atoms with Crippen molar-refractivity contribution in [3.05, 3.63) is 83.9 Å². The predicted molar refractivity (Wildman–Crippen MR) is 121 cm³/mol. The SMILES string of the molecule is COC(=O)/C(=C/c1cccc(OC)c1OC)c1cc2ccccc2c2ccccc12. The van der Waals surface area contributed by atoms with Crippen molar-refractivity contribution < 1.29 is 19.0 Å². The molecule has 0 atom stereocenters. The van der Waals surface area contributed by atoms with Gasteiger partial charge >= 0.3 is 5.97 Å². The second-order valence-corrected chi connectivity index (χ2v) is 6.82. The van der Waals surface area contributed by atoms with Gasteiger partial charge in [0.05, 0.1) is 26.9 Å². The molecule has 4 aromatic carbocycles. The van der Waals surface area contributed by atoms with E-state index in [0.29, 0.717) is 17.1 Å². The summed E-state index contributed by atoms with van der Waals surface area (Å²) in [5, 5.41) is 4.26. The van der Waals surface area contributed by atoms with Gasteiger partial charge in [0.25, 0.3) is 0 Å². The Kier molecular flexibility index (Phi) is 5.40. The van der Waals surface area contributed by atoms with Crippen molar-refractivity contribution in [1.29, 1.82) is 0 Å². The standard InChI is InChI=1S/C26H22O4/c1-28-24-14-8-10-18(25(24)29-2)16-23(26(27)30-3)22-15-17-9-4-5-11-19(17)20-12-6-7-13-21(20)22/h4-16H,1-3H3/b23-16+. The molecule has 4 heteroatoms. The van der Waals surface area contributed by atoms with Crippen molar-refractivity contribution in [2.24, 2.45) is 0 Å². The molecule has 0 radical (unpaired) electrons. The van der Waals surface area contributed by atoms with Gasteiger partial charge in [0.1, 0.15) is 0 Å². The number of carbonyl (C=O) groups is 1. The van der Waals surface area contributed by atoms with Gasteiger partial charge in [0.2, 0.25) is 0 Å². The zero-order chi connectivity index (χ0) is 21.1. The zero-order valence-electron chi connectivity index (χ0n) is 17.1. The number of ether oxygens (including phenoxy) is 3. The Morgan fingerprint density at radius 2 is 1.47 bits per heavy atom. The van der Waals surface area contributed by atoms with Crippen molar-refractivity contribution in [2.75, 3.05) is 21.3 Å². The summed E-state index contributed by atoms with van der Waals surface area (Å²) >= 11 is 0. The van der Waals surface area contributed by atoms with E-state index in [1.54, 1.807) is 20.3 Å². The summed E-state index contributed by atoms with van der Waals surface area (Å²) in [6, 6.07) is 23.8. The third kappa shape index (κ3) is 3.37. The average molecular weight is 398 g/mol. The minimum Gasteiger partial charge on any atom is -0.493 e. The molecule has 0 fully saturated rings. The van der Waals surface area contributed by atoms with E-state index in [4.69, 9.17) is 14.2 Å². The topological polar surface area (TPSA) is 44.8 Å². The number of hydrogen-bond donors (Lipinski definition) is 0. The summed E-state index contributed by atoms with van der Waals surface area (Å²) in [6.07, 6.45) is 1.80. The van der Waals surface area contributed by atoms with Gasteiger partial charge in [-0.2, -0.15) is 0 Å². The van der Waals surface area contributed by atoms with Crippen LogP contribution < -0.4 is 9.47 Å². The number of hydrogen-bond acceptors (Lipinski definition) is 4. The van der Waals surface area contributed by atoms with Crippen molar-refractivity contribution in [3.63, 3.8) is 0 Å². The second kappa shape index (κ2) is 8.29. The molecule has 0 saturated carbocycles. The van der Waals surface area contributed by atoms with Crippen LogP contribution in [0, 0.1) is 0 Å². The van der Waals surface area contributed by atoms with Crippen molar-refractivity contribution in [3.8, 4) is 11.5 Å². The van der Waals surface area contributed by atoms with Crippen LogP contribution in [0.4, 0.5) is 0 Å². The van der Waals surface area contributed by atoms with E-state index in [1.807, 2.05) is 60.7 Å². The molecule has 0 aliphatic heterocycles. The first kappa shape index (κ1) is 19.5. The molecule has 0 saturated heterocycles. The highest BCUT2D eigenvalue weighted by atomic mass is 16.5. The minimum absolute atomic E-state index is 0.416. The van der Waals surface area contributed by atoms with E-state index in [0.717, 1.165) is 32.7 Å². The summed E-state index contributed by atoms with van der Waals surface area (Å²) in [7, 11) is 4.56. The fourth-order valence-electron chi connectivity index (χ4n) is 3.81. The van der Waals surface area contributed by atoms with E-state index in [9.17, 15) is 4.79 Å². The molecule has 150 valence electrons. The number of fused-ring (bicyclic) bond motifs is 3. The van der Waals surface area contributed by atoms with Crippen LogP contribution in [-0.4, -0.2) is 27.3 Å². The van der Waals surface area contributed by atoms with Crippen LogP contribution in [0.15, 0.2) is 72.8 Å². The predicted octanol–water partition coefficient (Wildman–Crippen LogP) is 5.72. The van der Waals surface area contributed by atoms with E-state index < -0.39 is 5.97 Å². The van der Waals surface area contributed by atoms with Gasteiger partial charge in [-0.3, -0.25) is 0 Å². The highest BCUT2D eigenvalue weighted by Gasteiger charge is 2.19. The molecule has 0 unspecified atom stereocenters. The summed E-state index contributed by atoms with van der Waals surface area (Å²) in [4.78, 5) is 12.9. The van der Waals surface area contributed by atoms with E-state index in [2.05, 4.69) is 12.1 Å². The van der Waals surface area contributed by atoms with E-state index in [1.165, 1.54) is 7.11 Å². The molecule has 0 amide bonds. The van der Waals surface area contributed by atoms with Crippen LogP contribution in [0.5, 0.6) is 11.5 Å². The highest BCUT2D eigenvalue weighted by Crippen LogP contribution is 2.37. The lowest BCUT2D eigenvalue weighted by Gasteiger charge is -2.14. The van der Waals surface area contributed by atoms with Gasteiger partial charge in [0.15, 0.2) is 11.5 Å². The summed E-state index contributed by atoms with van der Waals surface area (Å²) in [5.74, 6) is 0.741. The summed E-state index contributed by atoms with van der Waals surface area (Å²) < 4.78 is 16.1. The average Bonchev–Trinajstić information content (AvgIpc) is 2.81. The maximum Gasteiger partial charge on any atom is 0.338 e. The molecule has 30 heavy (non-hydrogen) atoms. The first-order chi connectivity index (χ1) is 14.7. The van der Waals surface area contributed by atoms with Gasteiger partial charge in [-0.25, -0.2) is 4.79 Å². The molecular weight excluding hydrogens is 376 g/mol. The number of methoxy groups -OCH3 is 3. The Balaban J connectivity index is 2.05. The van der Waals surface area contributed by atoms with Crippen LogP contribution in [0.1, 0.15) is 11.1 Å². The molecule has 0 bridgehead atoms. The molecule has 0 spiro atoms. The van der Waals surface area contributed by atoms with Crippen LogP contribution in [0.25, 0.3) is 33.2 Å². The Morgan fingerprint density at radius 1 is 0.767 bits per heavy atom. The lowest BCUT2D eigenvalue weighted by atomic mass is 9.92. The maximum atomic E-state index is 12.9. The van der Waals surface area contributed by atoms with Gasteiger partial charge in [-0.1, -0.05) is 60.7 Å². The monoisotopic (exact) mass is 398 g/mol. The third-order valence-corrected chi connectivity index (χ3v) is 5.20. The van der Waals surface area contributed by atoms with Crippen molar-refractivity contribution >= 4 is 39.2 Å². The molecule has 4 rings (SSSR count). The van der Waals surface area contributed by atoms with Crippen molar-refractivity contribution in [1.82, 2.24) is 0 Å². The molecule has 0 N–H and O–H groups in total. The number of benzene rings is 4. The quantitative estimate of drug-likeness (QED) is 0.187. The Hall–Kier alpha value is -3.79. The summed E-state index contributed by atoms with van der Waals surface area (Å²) in [5.41, 5.74) is 1.99. The maximum absolute atomic E-state index is 12.9. The fraction of sp³-hybridized carbons (Fsp3) is 0.115. The van der Waals surface area contributed by atoms with Crippen LogP contribution >= 0.6 is 0 Å². The normalized spacial score (nSPS) is 11.5. The third-order valence-electron chi connectivity index (χ3n) is 5.20. The molecule has 4 aromatic rings. The number of rotatable bonds is 5. The number of esters is 1.